The average Bonchev–Trinajstić information content (AvgIpc) is 3.94. The van der Waals surface area contributed by atoms with Crippen LogP contribution in [0.15, 0.2) is 47.5 Å². The molecule has 52 heavy (non-hydrogen) atoms. The normalized spacial score (nSPS) is 20.6. The van der Waals surface area contributed by atoms with Crippen LogP contribution in [0.4, 0.5) is 17.6 Å². The predicted molar refractivity (Wildman–Crippen MR) is 191 cm³/mol. The highest BCUT2D eigenvalue weighted by Gasteiger charge is 2.58. The van der Waals surface area contributed by atoms with Crippen molar-refractivity contribution in [2.75, 3.05) is 0 Å². The monoisotopic (exact) mass is 736 g/mol. The van der Waals surface area contributed by atoms with Crippen molar-refractivity contribution >= 4 is 69.1 Å². The Balaban J connectivity index is 1.11. The standard InChI is InChI=1S/C42H28F4O4S2/c43-29-15-21-22(16-30(29)44)36(48)25(35(21)47)11-19-13-27-39(51-19)34-33(41(27)7-3-1-4-8-41)40-28(42(34)9-5-2-6-10-42)14-20(52-40)12-26-37(49)23-17-31(45)32(46)18-24(23)38(26)50/h11-18H,1-10H2. The van der Waals surface area contributed by atoms with Crippen LogP contribution in [0.2, 0.25) is 0 Å². The molecule has 10 heteroatoms. The SMILES string of the molecule is O=C1C(=Cc2cc3c(s2)C2=C(c4sc(C=C5C(=O)c6cc(F)c(F)cc6C5=O)cc4C24CCCCC4)C32CCCCC2)C(=O)c2cc(F)c(F)cc21. The number of fused-ring (bicyclic) bond motifs is 10. The molecule has 0 aliphatic heterocycles. The molecule has 2 aromatic carbocycles. The average molecular weight is 737 g/mol. The summed E-state index contributed by atoms with van der Waals surface area (Å²) in [5.41, 5.74) is 3.80. The fraction of sp³-hybridized carbons (Fsp3) is 0.286. The van der Waals surface area contributed by atoms with E-state index in [9.17, 15) is 36.7 Å². The van der Waals surface area contributed by atoms with Crippen LogP contribution in [-0.4, -0.2) is 23.1 Å². The molecule has 6 aliphatic carbocycles. The quantitative estimate of drug-likeness (QED) is 0.117. The van der Waals surface area contributed by atoms with Crippen LogP contribution in [0.25, 0.3) is 23.3 Å². The summed E-state index contributed by atoms with van der Waals surface area (Å²) in [4.78, 5) is 57.1. The van der Waals surface area contributed by atoms with Gasteiger partial charge in [-0.15, -0.1) is 22.7 Å². The lowest BCUT2D eigenvalue weighted by molar-refractivity contribution is 0.0975. The van der Waals surface area contributed by atoms with E-state index in [0.29, 0.717) is 0 Å². The second-order valence-corrected chi connectivity index (χ2v) is 17.0. The summed E-state index contributed by atoms with van der Waals surface area (Å²) in [5, 5.41) is 0. The van der Waals surface area contributed by atoms with E-state index in [1.54, 1.807) is 34.8 Å². The largest absolute Gasteiger partial charge is 0.288 e. The zero-order valence-corrected chi connectivity index (χ0v) is 29.3. The maximum atomic E-state index is 14.0. The summed E-state index contributed by atoms with van der Waals surface area (Å²) < 4.78 is 56.2. The molecular formula is C42H28F4O4S2. The number of Topliss-reactive ketones (excluding diaryl/α,β-unsaturated/α-hetero) is 4. The van der Waals surface area contributed by atoms with Gasteiger partial charge in [0.25, 0.3) is 0 Å². The van der Waals surface area contributed by atoms with Crippen LogP contribution in [0.1, 0.15) is 136 Å². The highest BCUT2D eigenvalue weighted by atomic mass is 32.1. The van der Waals surface area contributed by atoms with Crippen LogP contribution >= 0.6 is 22.7 Å². The number of allylic oxidation sites excluding steroid dienone is 4. The van der Waals surface area contributed by atoms with Gasteiger partial charge < -0.3 is 0 Å². The van der Waals surface area contributed by atoms with E-state index in [2.05, 4.69) is 12.1 Å². The van der Waals surface area contributed by atoms with Gasteiger partial charge in [0.2, 0.25) is 0 Å². The van der Waals surface area contributed by atoms with E-state index >= 15 is 0 Å². The van der Waals surface area contributed by atoms with E-state index in [-0.39, 0.29) is 44.2 Å². The third-order valence-corrected chi connectivity index (χ3v) is 14.5. The van der Waals surface area contributed by atoms with Crippen molar-refractivity contribution in [3.05, 3.63) is 124 Å². The molecular weight excluding hydrogens is 709 g/mol. The van der Waals surface area contributed by atoms with Crippen LogP contribution in [0, 0.1) is 23.3 Å². The number of benzene rings is 2. The number of ketones is 4. The van der Waals surface area contributed by atoms with Crippen LogP contribution < -0.4 is 0 Å². The van der Waals surface area contributed by atoms with Crippen molar-refractivity contribution in [3.63, 3.8) is 0 Å². The number of thiophene rings is 2. The second-order valence-electron chi connectivity index (χ2n) is 14.9. The van der Waals surface area contributed by atoms with Crippen molar-refractivity contribution in [1.29, 1.82) is 0 Å². The lowest BCUT2D eigenvalue weighted by Crippen LogP contribution is -2.28. The van der Waals surface area contributed by atoms with Crippen molar-refractivity contribution in [3.8, 4) is 0 Å². The molecule has 0 amide bonds. The summed E-state index contributed by atoms with van der Waals surface area (Å²) in [5.74, 6) is -7.10. The van der Waals surface area contributed by atoms with Crippen molar-refractivity contribution in [2.45, 2.75) is 75.0 Å². The fourth-order valence-corrected chi connectivity index (χ4v) is 12.7. The highest BCUT2D eigenvalue weighted by molar-refractivity contribution is 7.16. The second kappa shape index (κ2) is 11.0. The molecule has 0 N–H and O–H groups in total. The Kier molecular flexibility index (Phi) is 6.79. The first-order valence-electron chi connectivity index (χ1n) is 17.7. The molecule has 4 aromatic rings. The predicted octanol–water partition coefficient (Wildman–Crippen LogP) is 10.6. The molecule has 0 unspecified atom stereocenters. The van der Waals surface area contributed by atoms with Crippen LogP contribution in [0.3, 0.4) is 0 Å². The van der Waals surface area contributed by atoms with Crippen LogP contribution in [0.5, 0.6) is 0 Å². The van der Waals surface area contributed by atoms with E-state index < -0.39 is 46.4 Å². The fourth-order valence-electron chi connectivity index (χ4n) is 9.98. The lowest BCUT2D eigenvalue weighted by atomic mass is 9.67. The number of rotatable bonds is 2. The van der Waals surface area contributed by atoms with Crippen molar-refractivity contribution in [2.24, 2.45) is 0 Å². The summed E-state index contributed by atoms with van der Waals surface area (Å²) >= 11 is 3.13. The van der Waals surface area contributed by atoms with Gasteiger partial charge in [-0.05, 0) is 96.5 Å². The van der Waals surface area contributed by atoms with Crippen molar-refractivity contribution < 1.29 is 36.7 Å². The third kappa shape index (κ3) is 4.13. The Labute approximate surface area is 303 Å². The first-order chi connectivity index (χ1) is 25.0. The molecule has 2 fully saturated rings. The van der Waals surface area contributed by atoms with Gasteiger partial charge in [-0.3, -0.25) is 19.2 Å². The number of carbonyl (C=O) groups excluding carboxylic acids is 4. The molecule has 2 heterocycles. The Morgan fingerprint density at radius 1 is 0.462 bits per heavy atom. The topological polar surface area (TPSA) is 68.3 Å². The minimum Gasteiger partial charge on any atom is -0.288 e. The van der Waals surface area contributed by atoms with Crippen molar-refractivity contribution in [1.82, 2.24) is 0 Å². The van der Waals surface area contributed by atoms with Gasteiger partial charge in [-0.2, -0.15) is 0 Å². The molecule has 0 radical (unpaired) electrons. The van der Waals surface area contributed by atoms with E-state index in [4.69, 9.17) is 0 Å². The Hall–Kier alpha value is -4.54. The van der Waals surface area contributed by atoms with Gasteiger partial charge in [0, 0.05) is 52.6 Å². The Morgan fingerprint density at radius 2 is 0.769 bits per heavy atom. The summed E-state index contributed by atoms with van der Waals surface area (Å²) in [6.07, 6.45) is 13.3. The first-order valence-corrected chi connectivity index (χ1v) is 19.3. The molecule has 0 atom stereocenters. The third-order valence-electron chi connectivity index (χ3n) is 12.3. The van der Waals surface area contributed by atoms with Crippen LogP contribution in [-0.2, 0) is 10.8 Å². The van der Waals surface area contributed by atoms with Gasteiger partial charge in [0.1, 0.15) is 0 Å². The van der Waals surface area contributed by atoms with Gasteiger partial charge >= 0.3 is 0 Å². The maximum absolute atomic E-state index is 14.0. The van der Waals surface area contributed by atoms with E-state index in [1.165, 1.54) is 32.0 Å². The maximum Gasteiger partial charge on any atom is 0.197 e. The molecule has 4 nitrogen and oxygen atoms in total. The van der Waals surface area contributed by atoms with Gasteiger partial charge in [-0.1, -0.05) is 38.5 Å². The van der Waals surface area contributed by atoms with Gasteiger partial charge in [0.15, 0.2) is 46.4 Å². The Bertz CT molecular complexity index is 2240. The summed E-state index contributed by atoms with van der Waals surface area (Å²) in [6, 6.07) is 7.44. The molecule has 2 saturated carbocycles. The molecule has 260 valence electrons. The number of hydrogen-bond donors (Lipinski definition) is 0. The zero-order chi connectivity index (χ0) is 35.8. The van der Waals surface area contributed by atoms with E-state index in [1.807, 2.05) is 0 Å². The number of carbonyl (C=O) groups is 4. The molecule has 0 saturated heterocycles. The van der Waals surface area contributed by atoms with Gasteiger partial charge in [0.05, 0.1) is 11.1 Å². The molecule has 10 rings (SSSR count). The molecule has 2 aromatic heterocycles. The summed E-state index contributed by atoms with van der Waals surface area (Å²) in [7, 11) is 0. The number of halogens is 4. The first kappa shape index (κ1) is 32.1. The highest BCUT2D eigenvalue weighted by Crippen LogP contribution is 2.71. The van der Waals surface area contributed by atoms with Gasteiger partial charge in [-0.25, -0.2) is 17.6 Å². The zero-order valence-electron chi connectivity index (χ0n) is 27.7. The minimum absolute atomic E-state index is 0.0916. The molecule has 0 bridgehead atoms. The molecule has 2 spiro atoms. The number of hydrogen-bond acceptors (Lipinski definition) is 6. The lowest BCUT2D eigenvalue weighted by Gasteiger charge is -2.37. The Morgan fingerprint density at radius 3 is 1.08 bits per heavy atom. The minimum atomic E-state index is -1.17. The molecule has 6 aliphatic rings. The summed E-state index contributed by atoms with van der Waals surface area (Å²) in [6.45, 7) is 0. The van der Waals surface area contributed by atoms with E-state index in [0.717, 1.165) is 98.2 Å². The smallest absolute Gasteiger partial charge is 0.197 e.